The van der Waals surface area contributed by atoms with Crippen molar-refractivity contribution in [3.8, 4) is 5.75 Å². The van der Waals surface area contributed by atoms with E-state index in [0.29, 0.717) is 11.3 Å². The molecule has 0 amide bonds. The minimum absolute atomic E-state index is 0.0657. The van der Waals surface area contributed by atoms with Crippen LogP contribution in [0, 0.1) is 5.82 Å². The van der Waals surface area contributed by atoms with Crippen molar-refractivity contribution >= 4 is 29.6 Å². The van der Waals surface area contributed by atoms with E-state index in [1.165, 1.54) is 32.1 Å². The van der Waals surface area contributed by atoms with Gasteiger partial charge in [0.2, 0.25) is 0 Å². The molecule has 1 fully saturated rings. The normalized spacial score (nSPS) is 15.8. The molecule has 2 aromatic carbocycles. The molecule has 1 saturated heterocycles. The molecular weight excluding hydrogens is 375 g/mol. The van der Waals surface area contributed by atoms with Gasteiger partial charge in [0.1, 0.15) is 23.7 Å². The van der Waals surface area contributed by atoms with Crippen LogP contribution in [-0.4, -0.2) is 17.7 Å². The molecule has 1 heterocycles. The van der Waals surface area contributed by atoms with E-state index in [2.05, 4.69) is 0 Å². The Labute approximate surface area is 160 Å². The zero-order valence-corrected chi connectivity index (χ0v) is 15.4. The van der Waals surface area contributed by atoms with Gasteiger partial charge in [0.15, 0.2) is 0 Å². The Morgan fingerprint density at radius 1 is 1.11 bits per heavy atom. The molecule has 1 aliphatic heterocycles. The van der Waals surface area contributed by atoms with Gasteiger partial charge in [-0.2, -0.15) is 0 Å². The minimum Gasteiger partial charge on any atom is -0.489 e. The first-order chi connectivity index (χ1) is 12.7. The number of ether oxygens (including phenoxy) is 3. The van der Waals surface area contributed by atoms with Gasteiger partial charge < -0.3 is 14.2 Å². The fourth-order valence-electron chi connectivity index (χ4n) is 2.46. The van der Waals surface area contributed by atoms with Crippen molar-refractivity contribution in [2.45, 2.75) is 26.2 Å². The van der Waals surface area contributed by atoms with Gasteiger partial charge in [-0.25, -0.2) is 14.0 Å². The highest BCUT2D eigenvalue weighted by atomic mass is 35.5. The Balaban J connectivity index is 1.78. The molecule has 5 nitrogen and oxygen atoms in total. The van der Waals surface area contributed by atoms with Crippen molar-refractivity contribution in [1.29, 1.82) is 0 Å². The van der Waals surface area contributed by atoms with Gasteiger partial charge in [-0.15, -0.1) is 0 Å². The van der Waals surface area contributed by atoms with Crippen LogP contribution in [0.1, 0.15) is 25.0 Å². The first kappa shape index (κ1) is 18.9. The maximum Gasteiger partial charge on any atom is 0.348 e. The second-order valence-electron chi connectivity index (χ2n) is 6.30. The Morgan fingerprint density at radius 3 is 2.44 bits per heavy atom. The molecule has 0 radical (unpaired) electrons. The van der Waals surface area contributed by atoms with Gasteiger partial charge >= 0.3 is 11.9 Å². The molecule has 0 bridgehead atoms. The Bertz CT molecular complexity index is 893. The Kier molecular flexibility index (Phi) is 5.19. The van der Waals surface area contributed by atoms with E-state index in [0.717, 1.165) is 0 Å². The summed E-state index contributed by atoms with van der Waals surface area (Å²) in [5.41, 5.74) is 0.545. The summed E-state index contributed by atoms with van der Waals surface area (Å²) in [7, 11) is 0. The average molecular weight is 391 g/mol. The van der Waals surface area contributed by atoms with Crippen molar-refractivity contribution < 1.29 is 28.2 Å². The van der Waals surface area contributed by atoms with E-state index >= 15 is 0 Å². The number of rotatable bonds is 4. The predicted molar refractivity (Wildman–Crippen MR) is 96.4 cm³/mol. The van der Waals surface area contributed by atoms with Crippen LogP contribution in [-0.2, 0) is 25.7 Å². The highest BCUT2D eigenvalue weighted by molar-refractivity contribution is 6.31. The van der Waals surface area contributed by atoms with Crippen LogP contribution in [0.5, 0.6) is 5.75 Å². The van der Waals surface area contributed by atoms with Gasteiger partial charge in [0, 0.05) is 19.4 Å². The van der Waals surface area contributed by atoms with Crippen LogP contribution in [0.4, 0.5) is 4.39 Å². The van der Waals surface area contributed by atoms with Crippen LogP contribution < -0.4 is 4.74 Å². The number of halogens is 2. The van der Waals surface area contributed by atoms with Gasteiger partial charge in [0.25, 0.3) is 5.79 Å². The summed E-state index contributed by atoms with van der Waals surface area (Å²) in [5, 5.41) is 0.267. The number of carbonyl (C=O) groups excluding carboxylic acids is 2. The quantitative estimate of drug-likeness (QED) is 0.443. The van der Waals surface area contributed by atoms with Crippen LogP contribution >= 0.6 is 11.6 Å². The van der Waals surface area contributed by atoms with E-state index in [-0.39, 0.29) is 22.8 Å². The lowest BCUT2D eigenvalue weighted by Gasteiger charge is -2.29. The maximum atomic E-state index is 13.8. The third-order valence-electron chi connectivity index (χ3n) is 3.73. The molecule has 1 aliphatic rings. The van der Waals surface area contributed by atoms with E-state index in [9.17, 15) is 14.0 Å². The third kappa shape index (κ3) is 4.46. The molecule has 27 heavy (non-hydrogen) atoms. The second-order valence-corrected chi connectivity index (χ2v) is 6.71. The molecule has 0 aromatic heterocycles. The molecule has 0 spiro atoms. The number of hydrogen-bond donors (Lipinski definition) is 0. The smallest absolute Gasteiger partial charge is 0.348 e. The molecule has 3 rings (SSSR count). The standard InChI is InChI=1S/C20H16ClFO5/c1-20(2)26-18(23)14(19(24)27-20)10-12-5-3-6-13(9-12)25-11-15-16(21)7-4-8-17(15)22/h3-10H,11H2,1-2H3. The molecule has 0 saturated carbocycles. The number of benzene rings is 2. The van der Waals surface area contributed by atoms with E-state index < -0.39 is 23.5 Å². The van der Waals surface area contributed by atoms with Crippen molar-refractivity contribution in [3.05, 3.63) is 70.0 Å². The van der Waals surface area contributed by atoms with Crippen molar-refractivity contribution in [1.82, 2.24) is 0 Å². The molecule has 140 valence electrons. The number of carbonyl (C=O) groups is 2. The van der Waals surface area contributed by atoms with Gasteiger partial charge in [0.05, 0.1) is 5.02 Å². The lowest BCUT2D eigenvalue weighted by Crippen LogP contribution is -2.41. The summed E-state index contributed by atoms with van der Waals surface area (Å²) in [6, 6.07) is 11.0. The van der Waals surface area contributed by atoms with E-state index in [1.54, 1.807) is 30.3 Å². The van der Waals surface area contributed by atoms with Crippen molar-refractivity contribution in [3.63, 3.8) is 0 Å². The van der Waals surface area contributed by atoms with Gasteiger partial charge in [-0.3, -0.25) is 0 Å². The summed E-state index contributed by atoms with van der Waals surface area (Å²) in [6.45, 7) is 2.88. The summed E-state index contributed by atoms with van der Waals surface area (Å²) >= 11 is 5.98. The first-order valence-electron chi connectivity index (χ1n) is 8.09. The summed E-state index contributed by atoms with van der Waals surface area (Å²) in [4.78, 5) is 24.0. The third-order valence-corrected chi connectivity index (χ3v) is 4.08. The van der Waals surface area contributed by atoms with Gasteiger partial charge in [-0.1, -0.05) is 29.8 Å². The van der Waals surface area contributed by atoms with E-state index in [4.69, 9.17) is 25.8 Å². The SMILES string of the molecule is CC1(C)OC(=O)C(=Cc2cccc(OCc3c(F)cccc3Cl)c2)C(=O)O1. The largest absolute Gasteiger partial charge is 0.489 e. The van der Waals surface area contributed by atoms with Crippen LogP contribution in [0.2, 0.25) is 5.02 Å². The first-order valence-corrected chi connectivity index (χ1v) is 8.47. The van der Waals surface area contributed by atoms with Crippen molar-refractivity contribution in [2.24, 2.45) is 0 Å². The monoisotopic (exact) mass is 390 g/mol. The topological polar surface area (TPSA) is 61.8 Å². The molecule has 0 N–H and O–H groups in total. The predicted octanol–water partition coefficient (Wildman–Crippen LogP) is 4.28. The lowest BCUT2D eigenvalue weighted by atomic mass is 10.1. The zero-order chi connectivity index (χ0) is 19.6. The molecule has 7 heteroatoms. The number of esters is 2. The fourth-order valence-corrected chi connectivity index (χ4v) is 2.68. The number of hydrogen-bond acceptors (Lipinski definition) is 5. The second kappa shape index (κ2) is 7.40. The molecule has 0 aliphatic carbocycles. The molecule has 2 aromatic rings. The van der Waals surface area contributed by atoms with Crippen molar-refractivity contribution in [2.75, 3.05) is 0 Å². The van der Waals surface area contributed by atoms with E-state index in [1.807, 2.05) is 0 Å². The lowest BCUT2D eigenvalue weighted by molar-refractivity contribution is -0.222. The highest BCUT2D eigenvalue weighted by Crippen LogP contribution is 2.26. The molecular formula is C20H16ClFO5. The maximum absolute atomic E-state index is 13.8. The summed E-state index contributed by atoms with van der Waals surface area (Å²) in [5.74, 6) is -2.87. The Hall–Kier alpha value is -2.86. The summed E-state index contributed by atoms with van der Waals surface area (Å²) < 4.78 is 29.5. The fraction of sp³-hybridized carbons (Fsp3) is 0.200. The van der Waals surface area contributed by atoms with Gasteiger partial charge in [-0.05, 0) is 35.9 Å². The van der Waals surface area contributed by atoms with Crippen LogP contribution in [0.3, 0.4) is 0 Å². The summed E-state index contributed by atoms with van der Waals surface area (Å²) in [6.07, 6.45) is 1.35. The minimum atomic E-state index is -1.30. The average Bonchev–Trinajstić information content (AvgIpc) is 2.57. The molecule has 0 atom stereocenters. The zero-order valence-electron chi connectivity index (χ0n) is 14.6. The molecule has 0 unspecified atom stereocenters. The van der Waals surface area contributed by atoms with Crippen LogP contribution in [0.25, 0.3) is 6.08 Å². The highest BCUT2D eigenvalue weighted by Gasteiger charge is 2.38. The number of cyclic esters (lactones) is 2. The van der Waals surface area contributed by atoms with Crippen LogP contribution in [0.15, 0.2) is 48.0 Å². The Morgan fingerprint density at radius 2 is 1.78 bits per heavy atom.